The van der Waals surface area contributed by atoms with Crippen molar-refractivity contribution >= 4 is 23.5 Å². The van der Waals surface area contributed by atoms with E-state index in [4.69, 9.17) is 21.1 Å². The molecule has 0 spiro atoms. The van der Waals surface area contributed by atoms with E-state index in [2.05, 4.69) is 4.99 Å². The highest BCUT2D eigenvalue weighted by atomic mass is 35.5. The Bertz CT molecular complexity index is 596. The molecule has 0 bridgehead atoms. The van der Waals surface area contributed by atoms with E-state index in [1.807, 2.05) is 36.4 Å². The number of nitrogens with zero attached hydrogens (tertiary/aromatic N) is 1. The fourth-order valence-electron chi connectivity index (χ4n) is 1.64. The standard InChI is InChI=1S/C15H14ClNO2/c1-18-14-6-7-15(19-2)11(8-14)10-17-13-5-3-4-12(16)9-13/h3-10H,1-2H3. The third-order valence-corrected chi connectivity index (χ3v) is 2.83. The molecule has 0 aliphatic heterocycles. The maximum atomic E-state index is 5.91. The highest BCUT2D eigenvalue weighted by Crippen LogP contribution is 2.24. The van der Waals surface area contributed by atoms with Gasteiger partial charge in [-0.1, -0.05) is 17.7 Å². The van der Waals surface area contributed by atoms with Crippen LogP contribution in [-0.4, -0.2) is 20.4 Å². The van der Waals surface area contributed by atoms with Gasteiger partial charge in [-0.2, -0.15) is 0 Å². The van der Waals surface area contributed by atoms with Gasteiger partial charge in [0.15, 0.2) is 0 Å². The molecule has 0 unspecified atom stereocenters. The summed E-state index contributed by atoms with van der Waals surface area (Å²) < 4.78 is 10.5. The molecule has 2 aromatic rings. The van der Waals surface area contributed by atoms with E-state index < -0.39 is 0 Å². The lowest BCUT2D eigenvalue weighted by Crippen LogP contribution is -1.92. The first-order valence-electron chi connectivity index (χ1n) is 5.74. The highest BCUT2D eigenvalue weighted by molar-refractivity contribution is 6.30. The van der Waals surface area contributed by atoms with Gasteiger partial charge < -0.3 is 9.47 Å². The van der Waals surface area contributed by atoms with Gasteiger partial charge >= 0.3 is 0 Å². The molecule has 2 aromatic carbocycles. The van der Waals surface area contributed by atoms with Crippen LogP contribution in [0.25, 0.3) is 0 Å². The van der Waals surface area contributed by atoms with Crippen LogP contribution in [0.3, 0.4) is 0 Å². The molecule has 0 aliphatic carbocycles. The molecule has 0 aliphatic rings. The van der Waals surface area contributed by atoms with Crippen molar-refractivity contribution in [3.8, 4) is 11.5 Å². The van der Waals surface area contributed by atoms with Crippen molar-refractivity contribution in [2.45, 2.75) is 0 Å². The lowest BCUT2D eigenvalue weighted by atomic mass is 10.2. The molecule has 0 radical (unpaired) electrons. The second kappa shape index (κ2) is 6.25. The number of rotatable bonds is 4. The molecular weight excluding hydrogens is 262 g/mol. The van der Waals surface area contributed by atoms with Gasteiger partial charge in [0.1, 0.15) is 11.5 Å². The third kappa shape index (κ3) is 3.48. The monoisotopic (exact) mass is 275 g/mol. The SMILES string of the molecule is COc1ccc(OC)c(C=Nc2cccc(Cl)c2)c1. The lowest BCUT2D eigenvalue weighted by Gasteiger charge is -2.06. The Morgan fingerprint density at radius 3 is 2.58 bits per heavy atom. The topological polar surface area (TPSA) is 30.8 Å². The largest absolute Gasteiger partial charge is 0.497 e. The smallest absolute Gasteiger partial charge is 0.127 e. The van der Waals surface area contributed by atoms with Gasteiger partial charge in [0.25, 0.3) is 0 Å². The van der Waals surface area contributed by atoms with Gasteiger partial charge in [0, 0.05) is 16.8 Å². The minimum Gasteiger partial charge on any atom is -0.497 e. The summed E-state index contributed by atoms with van der Waals surface area (Å²) in [6.45, 7) is 0. The van der Waals surface area contributed by atoms with E-state index >= 15 is 0 Å². The van der Waals surface area contributed by atoms with Crippen LogP contribution in [0.5, 0.6) is 11.5 Å². The maximum Gasteiger partial charge on any atom is 0.127 e. The van der Waals surface area contributed by atoms with Gasteiger partial charge in [0.05, 0.1) is 19.9 Å². The molecule has 19 heavy (non-hydrogen) atoms. The molecule has 0 N–H and O–H groups in total. The van der Waals surface area contributed by atoms with Crippen molar-refractivity contribution < 1.29 is 9.47 Å². The summed E-state index contributed by atoms with van der Waals surface area (Å²) >= 11 is 5.91. The van der Waals surface area contributed by atoms with E-state index in [9.17, 15) is 0 Å². The molecular formula is C15H14ClNO2. The molecule has 0 atom stereocenters. The zero-order chi connectivity index (χ0) is 13.7. The minimum absolute atomic E-state index is 0.659. The van der Waals surface area contributed by atoms with E-state index in [0.29, 0.717) is 5.02 Å². The van der Waals surface area contributed by atoms with Crippen molar-refractivity contribution in [2.24, 2.45) is 4.99 Å². The molecule has 0 heterocycles. The molecule has 2 rings (SSSR count). The molecule has 0 aromatic heterocycles. The van der Waals surface area contributed by atoms with Crippen LogP contribution in [0.2, 0.25) is 5.02 Å². The summed E-state index contributed by atoms with van der Waals surface area (Å²) in [5.41, 5.74) is 1.64. The fourth-order valence-corrected chi connectivity index (χ4v) is 1.83. The average molecular weight is 276 g/mol. The van der Waals surface area contributed by atoms with Crippen molar-refractivity contribution in [2.75, 3.05) is 14.2 Å². The zero-order valence-corrected chi connectivity index (χ0v) is 11.5. The van der Waals surface area contributed by atoms with Gasteiger partial charge in [-0.25, -0.2) is 0 Å². The quantitative estimate of drug-likeness (QED) is 0.786. The summed E-state index contributed by atoms with van der Waals surface area (Å²) in [5, 5.41) is 0.659. The Kier molecular flexibility index (Phi) is 4.42. The second-order valence-corrected chi connectivity index (χ2v) is 4.28. The third-order valence-electron chi connectivity index (χ3n) is 2.60. The minimum atomic E-state index is 0.659. The molecule has 0 fully saturated rings. The van der Waals surface area contributed by atoms with Crippen LogP contribution in [-0.2, 0) is 0 Å². The molecule has 0 amide bonds. The normalized spacial score (nSPS) is 10.7. The summed E-state index contributed by atoms with van der Waals surface area (Å²) in [6, 6.07) is 12.9. The molecule has 3 nitrogen and oxygen atoms in total. The van der Waals surface area contributed by atoms with Gasteiger partial charge in [-0.05, 0) is 36.4 Å². The predicted molar refractivity (Wildman–Crippen MR) is 78.3 cm³/mol. The fraction of sp³-hybridized carbons (Fsp3) is 0.133. The first-order valence-corrected chi connectivity index (χ1v) is 6.12. The summed E-state index contributed by atoms with van der Waals surface area (Å²) in [5.74, 6) is 1.50. The Hall–Kier alpha value is -2.00. The maximum absolute atomic E-state index is 5.91. The molecule has 4 heteroatoms. The predicted octanol–water partition coefficient (Wildman–Crippen LogP) is 4.11. The van der Waals surface area contributed by atoms with E-state index in [1.165, 1.54) is 0 Å². The van der Waals surface area contributed by atoms with Gasteiger partial charge in [-0.3, -0.25) is 4.99 Å². The number of hydrogen-bond donors (Lipinski definition) is 0. The van der Waals surface area contributed by atoms with Crippen molar-refractivity contribution in [3.05, 3.63) is 53.1 Å². The van der Waals surface area contributed by atoms with Crippen LogP contribution >= 0.6 is 11.6 Å². The van der Waals surface area contributed by atoms with Crippen LogP contribution in [0, 0.1) is 0 Å². The van der Waals surface area contributed by atoms with Crippen molar-refractivity contribution in [1.29, 1.82) is 0 Å². The second-order valence-electron chi connectivity index (χ2n) is 3.85. The Labute approximate surface area is 117 Å². The zero-order valence-electron chi connectivity index (χ0n) is 10.8. The number of benzene rings is 2. The first-order chi connectivity index (χ1) is 9.22. The average Bonchev–Trinajstić information content (AvgIpc) is 2.45. The number of aliphatic imine (C=N–C) groups is 1. The summed E-state index contributed by atoms with van der Waals surface area (Å²) in [7, 11) is 3.25. The van der Waals surface area contributed by atoms with E-state index in [-0.39, 0.29) is 0 Å². The Morgan fingerprint density at radius 2 is 1.89 bits per heavy atom. The van der Waals surface area contributed by atoms with Crippen molar-refractivity contribution in [3.63, 3.8) is 0 Å². The van der Waals surface area contributed by atoms with Gasteiger partial charge in [0.2, 0.25) is 0 Å². The number of hydrogen-bond acceptors (Lipinski definition) is 3. The van der Waals surface area contributed by atoms with Crippen LogP contribution in [0.15, 0.2) is 47.5 Å². The molecule has 0 saturated heterocycles. The lowest BCUT2D eigenvalue weighted by molar-refractivity contribution is 0.402. The highest BCUT2D eigenvalue weighted by Gasteiger charge is 2.02. The van der Waals surface area contributed by atoms with Gasteiger partial charge in [-0.15, -0.1) is 0 Å². The van der Waals surface area contributed by atoms with Crippen LogP contribution in [0.1, 0.15) is 5.56 Å². The molecule has 98 valence electrons. The number of ether oxygens (including phenoxy) is 2. The van der Waals surface area contributed by atoms with Crippen molar-refractivity contribution in [1.82, 2.24) is 0 Å². The first kappa shape index (κ1) is 13.4. The van der Waals surface area contributed by atoms with Crippen LogP contribution < -0.4 is 9.47 Å². The van der Waals surface area contributed by atoms with Crippen LogP contribution in [0.4, 0.5) is 5.69 Å². The summed E-state index contributed by atoms with van der Waals surface area (Å²) in [4.78, 5) is 4.38. The molecule has 0 saturated carbocycles. The van der Waals surface area contributed by atoms with E-state index in [0.717, 1.165) is 22.7 Å². The van der Waals surface area contributed by atoms with E-state index in [1.54, 1.807) is 26.5 Å². The Balaban J connectivity index is 2.31. The number of halogens is 1. The summed E-state index contributed by atoms with van der Waals surface area (Å²) in [6.07, 6.45) is 1.73. The Morgan fingerprint density at radius 1 is 1.05 bits per heavy atom. The number of methoxy groups -OCH3 is 2.